The van der Waals surface area contributed by atoms with E-state index in [2.05, 4.69) is 10.3 Å². The molecule has 3 rings (SSSR count). The zero-order valence-corrected chi connectivity index (χ0v) is 11.4. The van der Waals surface area contributed by atoms with E-state index in [1.54, 1.807) is 0 Å². The Bertz CT molecular complexity index is 616. The van der Waals surface area contributed by atoms with Gasteiger partial charge >= 0.3 is 0 Å². The standard InChI is InChI=1S/C15H17F2N3/c1-10-9-20(11-5-2-3-6-11)15(18-10)19-13-8-4-7-12(16)14(13)17/h4,7-9,11H,2-3,5-6H2,1H3,(H,18,19). The summed E-state index contributed by atoms with van der Waals surface area (Å²) in [5.74, 6) is -1.14. The molecule has 1 aromatic carbocycles. The van der Waals surface area contributed by atoms with Crippen LogP contribution in [0.25, 0.3) is 0 Å². The molecule has 3 nitrogen and oxygen atoms in total. The molecule has 1 aromatic heterocycles. The van der Waals surface area contributed by atoms with Gasteiger partial charge in [-0.05, 0) is 31.9 Å². The quantitative estimate of drug-likeness (QED) is 0.905. The van der Waals surface area contributed by atoms with Crippen molar-refractivity contribution in [1.29, 1.82) is 0 Å². The highest BCUT2D eigenvalue weighted by molar-refractivity contribution is 5.55. The Hall–Kier alpha value is -1.91. The van der Waals surface area contributed by atoms with E-state index in [0.29, 0.717) is 12.0 Å². The zero-order chi connectivity index (χ0) is 14.1. The zero-order valence-electron chi connectivity index (χ0n) is 11.4. The highest BCUT2D eigenvalue weighted by Crippen LogP contribution is 2.33. The van der Waals surface area contributed by atoms with Gasteiger partial charge in [0, 0.05) is 12.2 Å². The third kappa shape index (κ3) is 2.40. The minimum Gasteiger partial charge on any atom is -0.323 e. The molecular formula is C15H17F2N3. The van der Waals surface area contributed by atoms with E-state index in [0.717, 1.165) is 24.6 Å². The summed E-state index contributed by atoms with van der Waals surface area (Å²) in [6.45, 7) is 1.90. The van der Waals surface area contributed by atoms with Crippen LogP contribution in [0.15, 0.2) is 24.4 Å². The van der Waals surface area contributed by atoms with E-state index in [1.807, 2.05) is 17.7 Å². The molecule has 5 heteroatoms. The molecular weight excluding hydrogens is 260 g/mol. The molecule has 1 heterocycles. The number of hydrogen-bond donors (Lipinski definition) is 1. The Balaban J connectivity index is 1.92. The summed E-state index contributed by atoms with van der Waals surface area (Å²) in [6, 6.07) is 4.50. The lowest BCUT2D eigenvalue weighted by molar-refractivity contribution is 0.509. The van der Waals surface area contributed by atoms with Gasteiger partial charge in [0.05, 0.1) is 11.4 Å². The fraction of sp³-hybridized carbons (Fsp3) is 0.400. The van der Waals surface area contributed by atoms with Crippen LogP contribution < -0.4 is 5.32 Å². The first-order valence-corrected chi connectivity index (χ1v) is 6.91. The average molecular weight is 277 g/mol. The highest BCUT2D eigenvalue weighted by atomic mass is 19.2. The van der Waals surface area contributed by atoms with Gasteiger partial charge < -0.3 is 9.88 Å². The van der Waals surface area contributed by atoms with Gasteiger partial charge in [-0.2, -0.15) is 0 Å². The van der Waals surface area contributed by atoms with Crippen LogP contribution in [0.1, 0.15) is 37.4 Å². The second-order valence-corrected chi connectivity index (χ2v) is 5.28. The lowest BCUT2D eigenvalue weighted by Crippen LogP contribution is -2.08. The minimum atomic E-state index is -0.869. The summed E-state index contributed by atoms with van der Waals surface area (Å²) in [4.78, 5) is 4.38. The van der Waals surface area contributed by atoms with Crippen molar-refractivity contribution in [3.05, 3.63) is 41.7 Å². The summed E-state index contributed by atoms with van der Waals surface area (Å²) < 4.78 is 29.0. The summed E-state index contributed by atoms with van der Waals surface area (Å²) in [6.07, 6.45) is 6.59. The van der Waals surface area contributed by atoms with E-state index in [1.165, 1.54) is 25.0 Å². The van der Waals surface area contributed by atoms with Crippen molar-refractivity contribution < 1.29 is 8.78 Å². The molecule has 0 saturated heterocycles. The second-order valence-electron chi connectivity index (χ2n) is 5.28. The van der Waals surface area contributed by atoms with Gasteiger partial charge in [0.15, 0.2) is 11.6 Å². The first-order chi connectivity index (χ1) is 9.65. The smallest absolute Gasteiger partial charge is 0.207 e. The van der Waals surface area contributed by atoms with E-state index in [9.17, 15) is 8.78 Å². The molecule has 1 aliphatic carbocycles. The molecule has 0 unspecified atom stereocenters. The second kappa shape index (κ2) is 5.23. The molecule has 2 aromatic rings. The SMILES string of the molecule is Cc1cn(C2CCCC2)c(Nc2cccc(F)c2F)n1. The van der Waals surface area contributed by atoms with Crippen molar-refractivity contribution >= 4 is 11.6 Å². The van der Waals surface area contributed by atoms with Gasteiger partial charge in [0.2, 0.25) is 5.95 Å². The van der Waals surface area contributed by atoms with E-state index in [-0.39, 0.29) is 5.69 Å². The van der Waals surface area contributed by atoms with Crippen molar-refractivity contribution in [2.24, 2.45) is 0 Å². The number of rotatable bonds is 3. The molecule has 0 aliphatic heterocycles. The van der Waals surface area contributed by atoms with Crippen molar-refractivity contribution in [1.82, 2.24) is 9.55 Å². The number of imidazole rings is 1. The van der Waals surface area contributed by atoms with Crippen molar-refractivity contribution in [2.45, 2.75) is 38.6 Å². The van der Waals surface area contributed by atoms with E-state index >= 15 is 0 Å². The Kier molecular flexibility index (Phi) is 3.42. The molecule has 0 spiro atoms. The van der Waals surface area contributed by atoms with Crippen LogP contribution >= 0.6 is 0 Å². The molecule has 20 heavy (non-hydrogen) atoms. The average Bonchev–Trinajstić information content (AvgIpc) is 3.04. The number of aryl methyl sites for hydroxylation is 1. The summed E-state index contributed by atoms with van der Waals surface area (Å²) in [5.41, 5.74) is 0.992. The maximum Gasteiger partial charge on any atom is 0.207 e. The van der Waals surface area contributed by atoms with Gasteiger partial charge in [-0.1, -0.05) is 18.9 Å². The fourth-order valence-electron chi connectivity index (χ4n) is 2.79. The van der Waals surface area contributed by atoms with Crippen LogP contribution in [0.2, 0.25) is 0 Å². The monoisotopic (exact) mass is 277 g/mol. The van der Waals surface area contributed by atoms with Crippen molar-refractivity contribution in [2.75, 3.05) is 5.32 Å². The van der Waals surface area contributed by atoms with Crippen LogP contribution in [-0.4, -0.2) is 9.55 Å². The molecule has 1 fully saturated rings. The predicted octanol–water partition coefficient (Wildman–Crippen LogP) is 4.33. The minimum absolute atomic E-state index is 0.120. The van der Waals surface area contributed by atoms with Crippen LogP contribution in [0.3, 0.4) is 0 Å². The number of benzene rings is 1. The van der Waals surface area contributed by atoms with Gasteiger partial charge in [0.25, 0.3) is 0 Å². The third-order valence-corrected chi connectivity index (χ3v) is 3.77. The molecule has 1 saturated carbocycles. The maximum absolute atomic E-state index is 13.7. The largest absolute Gasteiger partial charge is 0.323 e. The molecule has 0 atom stereocenters. The van der Waals surface area contributed by atoms with E-state index < -0.39 is 11.6 Å². The summed E-state index contributed by atoms with van der Waals surface area (Å²) in [7, 11) is 0. The molecule has 1 aliphatic rings. The molecule has 106 valence electrons. The third-order valence-electron chi connectivity index (χ3n) is 3.77. The van der Waals surface area contributed by atoms with Gasteiger partial charge in [-0.3, -0.25) is 0 Å². The number of nitrogens with zero attached hydrogens (tertiary/aromatic N) is 2. The number of nitrogens with one attached hydrogen (secondary N) is 1. The predicted molar refractivity (Wildman–Crippen MR) is 74.1 cm³/mol. The van der Waals surface area contributed by atoms with Gasteiger partial charge in [-0.15, -0.1) is 0 Å². The summed E-state index contributed by atoms with van der Waals surface area (Å²) >= 11 is 0. The lowest BCUT2D eigenvalue weighted by Gasteiger charge is -2.16. The van der Waals surface area contributed by atoms with Crippen LogP contribution in [-0.2, 0) is 0 Å². The van der Waals surface area contributed by atoms with E-state index in [4.69, 9.17) is 0 Å². The number of anilines is 2. The molecule has 0 radical (unpaired) electrons. The highest BCUT2D eigenvalue weighted by Gasteiger charge is 2.21. The first-order valence-electron chi connectivity index (χ1n) is 6.91. The number of hydrogen-bond acceptors (Lipinski definition) is 2. The maximum atomic E-state index is 13.7. The molecule has 1 N–H and O–H groups in total. The topological polar surface area (TPSA) is 29.9 Å². The molecule has 0 bridgehead atoms. The van der Waals surface area contributed by atoms with Gasteiger partial charge in [-0.25, -0.2) is 13.8 Å². The van der Waals surface area contributed by atoms with Gasteiger partial charge in [0.1, 0.15) is 0 Å². The van der Waals surface area contributed by atoms with Crippen LogP contribution in [0, 0.1) is 18.6 Å². The van der Waals surface area contributed by atoms with Crippen molar-refractivity contribution in [3.63, 3.8) is 0 Å². The number of aromatic nitrogens is 2. The number of halogens is 2. The van der Waals surface area contributed by atoms with Crippen molar-refractivity contribution in [3.8, 4) is 0 Å². The fourth-order valence-corrected chi connectivity index (χ4v) is 2.79. The Labute approximate surface area is 116 Å². The Morgan fingerprint density at radius 3 is 2.75 bits per heavy atom. The first kappa shape index (κ1) is 13.1. The summed E-state index contributed by atoms with van der Waals surface area (Å²) in [5, 5.41) is 2.92. The Morgan fingerprint density at radius 1 is 1.25 bits per heavy atom. The van der Waals surface area contributed by atoms with Crippen LogP contribution in [0.5, 0.6) is 0 Å². The molecule has 0 amide bonds. The lowest BCUT2D eigenvalue weighted by atomic mass is 10.2. The normalized spacial score (nSPS) is 15.8. The van der Waals surface area contributed by atoms with Crippen LogP contribution in [0.4, 0.5) is 20.4 Å². The Morgan fingerprint density at radius 2 is 2.00 bits per heavy atom.